The summed E-state index contributed by atoms with van der Waals surface area (Å²) in [7, 11) is 1.58. The molecule has 0 spiro atoms. The van der Waals surface area contributed by atoms with Gasteiger partial charge < -0.3 is 4.74 Å². The second-order valence-corrected chi connectivity index (χ2v) is 4.26. The van der Waals surface area contributed by atoms with E-state index in [0.29, 0.717) is 36.0 Å². The topological polar surface area (TPSA) is 77.7 Å². The zero-order chi connectivity index (χ0) is 13.8. The highest BCUT2D eigenvalue weighted by Gasteiger charge is 2.10. The molecule has 2 aromatic heterocycles. The second kappa shape index (κ2) is 5.89. The van der Waals surface area contributed by atoms with E-state index in [9.17, 15) is 4.79 Å². The Morgan fingerprint density at radius 3 is 2.95 bits per heavy atom. The predicted molar refractivity (Wildman–Crippen MR) is 72.5 cm³/mol. The summed E-state index contributed by atoms with van der Waals surface area (Å²) in [5.41, 5.74) is 0.433. The standard InChI is InChI=1S/C11H15N5O2S/c1-3-15-10(12-13-11(15)19)8-4-5-9(17)16(14-8)6-7-18-2/h4-5H,3,6-7H2,1-2H3,(H,13,19). The highest BCUT2D eigenvalue weighted by molar-refractivity contribution is 7.71. The number of rotatable bonds is 5. The fourth-order valence-corrected chi connectivity index (χ4v) is 1.97. The fraction of sp³-hybridized carbons (Fsp3) is 0.455. The molecule has 102 valence electrons. The number of ether oxygens (including phenoxy) is 1. The summed E-state index contributed by atoms with van der Waals surface area (Å²) in [6, 6.07) is 3.11. The van der Waals surface area contributed by atoms with E-state index < -0.39 is 0 Å². The molecule has 2 aromatic rings. The van der Waals surface area contributed by atoms with Gasteiger partial charge in [-0.3, -0.25) is 14.5 Å². The Morgan fingerprint density at radius 2 is 2.26 bits per heavy atom. The summed E-state index contributed by atoms with van der Waals surface area (Å²) in [5, 5.41) is 11.1. The minimum atomic E-state index is -0.169. The average molecular weight is 281 g/mol. The van der Waals surface area contributed by atoms with Gasteiger partial charge in [-0.2, -0.15) is 10.2 Å². The maximum Gasteiger partial charge on any atom is 0.266 e. The molecule has 0 saturated carbocycles. The number of hydrogen-bond acceptors (Lipinski definition) is 5. The molecule has 7 nitrogen and oxygen atoms in total. The normalized spacial score (nSPS) is 10.8. The lowest BCUT2D eigenvalue weighted by Gasteiger charge is -2.06. The van der Waals surface area contributed by atoms with E-state index >= 15 is 0 Å². The van der Waals surface area contributed by atoms with Crippen molar-refractivity contribution in [3.05, 3.63) is 27.3 Å². The Hall–Kier alpha value is -1.80. The molecule has 0 aliphatic carbocycles. The van der Waals surface area contributed by atoms with Crippen LogP contribution < -0.4 is 5.56 Å². The maximum absolute atomic E-state index is 11.7. The number of H-pyrrole nitrogens is 1. The average Bonchev–Trinajstić information content (AvgIpc) is 2.79. The third-order valence-electron chi connectivity index (χ3n) is 2.68. The van der Waals surface area contributed by atoms with Gasteiger partial charge in [0, 0.05) is 19.7 Å². The monoisotopic (exact) mass is 281 g/mol. The molecule has 0 aromatic carbocycles. The Kier molecular flexibility index (Phi) is 4.23. The molecular weight excluding hydrogens is 266 g/mol. The summed E-state index contributed by atoms with van der Waals surface area (Å²) < 4.78 is 8.67. The first-order chi connectivity index (χ1) is 9.17. The van der Waals surface area contributed by atoms with E-state index in [1.165, 1.54) is 10.7 Å². The minimum absolute atomic E-state index is 0.169. The summed E-state index contributed by atoms with van der Waals surface area (Å²) >= 11 is 5.13. The zero-order valence-corrected chi connectivity index (χ0v) is 11.6. The van der Waals surface area contributed by atoms with Crippen LogP contribution in [0.3, 0.4) is 0 Å². The first-order valence-electron chi connectivity index (χ1n) is 5.90. The van der Waals surface area contributed by atoms with Crippen LogP contribution in [-0.4, -0.2) is 38.3 Å². The van der Waals surface area contributed by atoms with E-state index in [1.54, 1.807) is 13.2 Å². The van der Waals surface area contributed by atoms with E-state index in [-0.39, 0.29) is 5.56 Å². The van der Waals surface area contributed by atoms with Gasteiger partial charge in [-0.1, -0.05) is 0 Å². The number of methoxy groups -OCH3 is 1. The van der Waals surface area contributed by atoms with Crippen LogP contribution in [-0.2, 0) is 17.8 Å². The third-order valence-corrected chi connectivity index (χ3v) is 2.99. The van der Waals surface area contributed by atoms with Crippen LogP contribution >= 0.6 is 12.2 Å². The zero-order valence-electron chi connectivity index (χ0n) is 10.8. The van der Waals surface area contributed by atoms with Gasteiger partial charge in [-0.05, 0) is 25.2 Å². The molecule has 0 unspecified atom stereocenters. The molecule has 19 heavy (non-hydrogen) atoms. The van der Waals surface area contributed by atoms with Gasteiger partial charge in [0.2, 0.25) is 0 Å². The maximum atomic E-state index is 11.7. The van der Waals surface area contributed by atoms with E-state index in [2.05, 4.69) is 15.3 Å². The van der Waals surface area contributed by atoms with Gasteiger partial charge in [-0.15, -0.1) is 0 Å². The quantitative estimate of drug-likeness (QED) is 0.821. The van der Waals surface area contributed by atoms with Crippen LogP contribution in [0.4, 0.5) is 0 Å². The lowest BCUT2D eigenvalue weighted by atomic mass is 10.3. The molecule has 0 fully saturated rings. The first-order valence-corrected chi connectivity index (χ1v) is 6.31. The fourth-order valence-electron chi connectivity index (χ4n) is 1.71. The smallest absolute Gasteiger partial charge is 0.266 e. The van der Waals surface area contributed by atoms with Crippen molar-refractivity contribution in [1.29, 1.82) is 0 Å². The third kappa shape index (κ3) is 2.79. The molecule has 0 atom stereocenters. The highest BCUT2D eigenvalue weighted by Crippen LogP contribution is 2.12. The lowest BCUT2D eigenvalue weighted by Crippen LogP contribution is -2.24. The molecule has 0 amide bonds. The van der Waals surface area contributed by atoms with Gasteiger partial charge in [0.1, 0.15) is 5.69 Å². The molecule has 0 aliphatic rings. The molecule has 0 aliphatic heterocycles. The van der Waals surface area contributed by atoms with Crippen LogP contribution in [0.1, 0.15) is 6.92 Å². The lowest BCUT2D eigenvalue weighted by molar-refractivity contribution is 0.182. The summed E-state index contributed by atoms with van der Waals surface area (Å²) in [6.45, 7) is 3.48. The van der Waals surface area contributed by atoms with Crippen LogP contribution in [0.5, 0.6) is 0 Å². The summed E-state index contributed by atoms with van der Waals surface area (Å²) in [5.74, 6) is 0.624. The predicted octanol–water partition coefficient (Wildman–Crippen LogP) is 0.831. The molecular formula is C11H15N5O2S. The number of hydrogen-bond donors (Lipinski definition) is 1. The van der Waals surface area contributed by atoms with Gasteiger partial charge in [0.15, 0.2) is 10.6 Å². The summed E-state index contributed by atoms with van der Waals surface area (Å²) in [6.07, 6.45) is 0. The number of nitrogens with zero attached hydrogens (tertiary/aromatic N) is 4. The van der Waals surface area contributed by atoms with Gasteiger partial charge in [0.05, 0.1) is 13.2 Å². The van der Waals surface area contributed by atoms with Crippen molar-refractivity contribution < 1.29 is 4.74 Å². The Balaban J connectivity index is 2.45. The van der Waals surface area contributed by atoms with E-state index in [1.807, 2.05) is 11.5 Å². The molecule has 8 heteroatoms. The largest absolute Gasteiger partial charge is 0.383 e. The van der Waals surface area contributed by atoms with E-state index in [0.717, 1.165) is 0 Å². The molecule has 0 saturated heterocycles. The SMILES string of the molecule is CCn1c(-c2ccc(=O)n(CCOC)n2)n[nH]c1=S. The van der Waals surface area contributed by atoms with Gasteiger partial charge in [0.25, 0.3) is 5.56 Å². The molecule has 0 bridgehead atoms. The number of aromatic nitrogens is 5. The van der Waals surface area contributed by atoms with Gasteiger partial charge >= 0.3 is 0 Å². The van der Waals surface area contributed by atoms with E-state index in [4.69, 9.17) is 17.0 Å². The van der Waals surface area contributed by atoms with Crippen molar-refractivity contribution >= 4 is 12.2 Å². The van der Waals surface area contributed by atoms with Crippen molar-refractivity contribution in [3.8, 4) is 11.5 Å². The Bertz CT molecular complexity index is 672. The Morgan fingerprint density at radius 1 is 1.47 bits per heavy atom. The van der Waals surface area contributed by atoms with Crippen molar-refractivity contribution in [2.45, 2.75) is 20.0 Å². The van der Waals surface area contributed by atoms with Crippen molar-refractivity contribution in [3.63, 3.8) is 0 Å². The van der Waals surface area contributed by atoms with Crippen LogP contribution in [0.15, 0.2) is 16.9 Å². The first kappa shape index (κ1) is 13.6. The second-order valence-electron chi connectivity index (χ2n) is 3.87. The van der Waals surface area contributed by atoms with Crippen LogP contribution in [0, 0.1) is 4.77 Å². The molecule has 2 rings (SSSR count). The number of aromatic amines is 1. The number of nitrogens with one attached hydrogen (secondary N) is 1. The molecule has 0 radical (unpaired) electrons. The van der Waals surface area contributed by atoms with Crippen LogP contribution in [0.2, 0.25) is 0 Å². The van der Waals surface area contributed by atoms with Crippen molar-refractivity contribution in [1.82, 2.24) is 24.5 Å². The van der Waals surface area contributed by atoms with Crippen molar-refractivity contribution in [2.24, 2.45) is 0 Å². The highest BCUT2D eigenvalue weighted by atomic mass is 32.1. The molecule has 2 heterocycles. The van der Waals surface area contributed by atoms with Crippen molar-refractivity contribution in [2.75, 3.05) is 13.7 Å². The Labute approximate surface area is 114 Å². The van der Waals surface area contributed by atoms with Gasteiger partial charge in [-0.25, -0.2) is 4.68 Å². The summed E-state index contributed by atoms with van der Waals surface area (Å²) in [4.78, 5) is 11.7. The van der Waals surface area contributed by atoms with Crippen LogP contribution in [0.25, 0.3) is 11.5 Å². The molecule has 1 N–H and O–H groups in total. The minimum Gasteiger partial charge on any atom is -0.383 e.